The molecule has 1 aromatic carbocycles. The molecular formula is C22H36N6O+2. The fourth-order valence-electron chi connectivity index (χ4n) is 5.03. The van der Waals surface area contributed by atoms with Crippen molar-refractivity contribution in [2.45, 2.75) is 58.0 Å². The molecule has 158 valence electrons. The summed E-state index contributed by atoms with van der Waals surface area (Å²) < 4.78 is 7.83. The lowest BCUT2D eigenvalue weighted by molar-refractivity contribution is -1.02. The third-order valence-electron chi connectivity index (χ3n) is 6.73. The van der Waals surface area contributed by atoms with Crippen LogP contribution in [-0.2, 0) is 0 Å². The fourth-order valence-corrected chi connectivity index (χ4v) is 5.03. The molecule has 2 aromatic rings. The van der Waals surface area contributed by atoms with Gasteiger partial charge in [-0.3, -0.25) is 0 Å². The minimum absolute atomic E-state index is 0.181. The van der Waals surface area contributed by atoms with Gasteiger partial charge in [-0.05, 0) is 61.4 Å². The zero-order valence-corrected chi connectivity index (χ0v) is 17.9. The fraction of sp³-hybridized carbons (Fsp3) is 0.682. The van der Waals surface area contributed by atoms with E-state index in [1.54, 1.807) is 9.80 Å². The van der Waals surface area contributed by atoms with Gasteiger partial charge in [0.1, 0.15) is 31.9 Å². The predicted octanol–water partition coefficient (Wildman–Crippen LogP) is 0.470. The van der Waals surface area contributed by atoms with E-state index in [4.69, 9.17) is 4.74 Å². The molecule has 2 heterocycles. The third kappa shape index (κ3) is 4.61. The second kappa shape index (κ2) is 9.67. The summed E-state index contributed by atoms with van der Waals surface area (Å²) >= 11 is 0. The summed E-state index contributed by atoms with van der Waals surface area (Å²) in [6.07, 6.45) is 6.28. The molecule has 1 aliphatic heterocycles. The zero-order chi connectivity index (χ0) is 20.1. The molecule has 0 spiro atoms. The van der Waals surface area contributed by atoms with Crippen LogP contribution in [0.1, 0.15) is 69.4 Å². The van der Waals surface area contributed by atoms with Crippen LogP contribution in [-0.4, -0.2) is 59.5 Å². The molecule has 4 rings (SSSR count). The Hall–Kier alpha value is -1.99. The van der Waals surface area contributed by atoms with Crippen molar-refractivity contribution in [3.05, 3.63) is 35.7 Å². The van der Waals surface area contributed by atoms with Gasteiger partial charge in [-0.1, -0.05) is 19.3 Å². The average Bonchev–Trinajstić information content (AvgIpc) is 3.26. The van der Waals surface area contributed by atoms with Crippen LogP contribution >= 0.6 is 0 Å². The van der Waals surface area contributed by atoms with Gasteiger partial charge >= 0.3 is 0 Å². The van der Waals surface area contributed by atoms with Crippen molar-refractivity contribution in [2.24, 2.45) is 0 Å². The predicted molar refractivity (Wildman–Crippen MR) is 111 cm³/mol. The van der Waals surface area contributed by atoms with Crippen molar-refractivity contribution < 1.29 is 14.5 Å². The molecular weight excluding hydrogens is 364 g/mol. The highest BCUT2D eigenvalue weighted by atomic mass is 16.5. The smallest absolute Gasteiger partial charge is 0.214 e. The van der Waals surface area contributed by atoms with Gasteiger partial charge in [-0.15, -0.1) is 5.10 Å². The summed E-state index contributed by atoms with van der Waals surface area (Å²) in [6.45, 7) is 10.9. The summed E-state index contributed by atoms with van der Waals surface area (Å²) in [6, 6.07) is 9.23. The average molecular weight is 401 g/mol. The Balaban J connectivity index is 1.64. The topological polar surface area (TPSA) is 61.7 Å². The van der Waals surface area contributed by atoms with Crippen LogP contribution in [0.5, 0.6) is 5.75 Å². The number of ether oxygens (including phenoxy) is 1. The Morgan fingerprint density at radius 3 is 2.41 bits per heavy atom. The number of aromatic nitrogens is 4. The standard InChI is InChI=1S/C22H34N6O/c1-3-26-14-16-27(17-15-26)21(18-10-12-20(13-11-18)29-4-2)22-23-24-25-28(22)19-8-6-5-7-9-19/h10-13,19,21H,3-9,14-17H2,1-2H3/p+2/t21-/m1/s1. The van der Waals surface area contributed by atoms with E-state index in [1.807, 2.05) is 6.92 Å². The molecule has 0 radical (unpaired) electrons. The van der Waals surface area contributed by atoms with Gasteiger partial charge in [0.15, 0.2) is 6.04 Å². The minimum atomic E-state index is 0.181. The highest BCUT2D eigenvalue weighted by molar-refractivity contribution is 5.30. The summed E-state index contributed by atoms with van der Waals surface area (Å²) in [5, 5.41) is 13.2. The lowest BCUT2D eigenvalue weighted by Gasteiger charge is -2.34. The highest BCUT2D eigenvalue weighted by Crippen LogP contribution is 2.30. The van der Waals surface area contributed by atoms with Crippen molar-refractivity contribution in [2.75, 3.05) is 39.3 Å². The molecule has 29 heavy (non-hydrogen) atoms. The Morgan fingerprint density at radius 1 is 1.03 bits per heavy atom. The number of piperazine rings is 1. The molecule has 1 aliphatic carbocycles. The molecule has 2 fully saturated rings. The first-order valence-corrected chi connectivity index (χ1v) is 11.5. The molecule has 1 saturated heterocycles. The quantitative estimate of drug-likeness (QED) is 0.709. The number of nitrogens with one attached hydrogen (secondary N) is 2. The Kier molecular flexibility index (Phi) is 6.77. The van der Waals surface area contributed by atoms with E-state index in [0.717, 1.165) is 24.7 Å². The first-order valence-electron chi connectivity index (χ1n) is 11.5. The van der Waals surface area contributed by atoms with Crippen molar-refractivity contribution in [1.29, 1.82) is 0 Å². The van der Waals surface area contributed by atoms with Gasteiger partial charge < -0.3 is 14.5 Å². The van der Waals surface area contributed by atoms with E-state index in [9.17, 15) is 0 Å². The van der Waals surface area contributed by atoms with Gasteiger partial charge in [-0.25, -0.2) is 4.68 Å². The molecule has 1 aromatic heterocycles. The van der Waals surface area contributed by atoms with Crippen molar-refractivity contribution in [1.82, 2.24) is 20.2 Å². The van der Waals surface area contributed by atoms with Gasteiger partial charge in [0, 0.05) is 5.56 Å². The van der Waals surface area contributed by atoms with E-state index in [0.29, 0.717) is 12.6 Å². The van der Waals surface area contributed by atoms with Gasteiger partial charge in [-0.2, -0.15) is 0 Å². The summed E-state index contributed by atoms with van der Waals surface area (Å²) in [5.74, 6) is 1.97. The van der Waals surface area contributed by atoms with Gasteiger partial charge in [0.05, 0.1) is 19.2 Å². The van der Waals surface area contributed by atoms with Crippen LogP contribution in [0.25, 0.3) is 0 Å². The lowest BCUT2D eigenvalue weighted by atomic mass is 9.95. The molecule has 7 heteroatoms. The van der Waals surface area contributed by atoms with Crippen LogP contribution in [0.4, 0.5) is 0 Å². The molecule has 1 atom stereocenters. The molecule has 7 nitrogen and oxygen atoms in total. The number of quaternary nitrogens is 2. The number of hydrogen-bond acceptors (Lipinski definition) is 4. The molecule has 0 amide bonds. The Morgan fingerprint density at radius 2 is 1.76 bits per heavy atom. The van der Waals surface area contributed by atoms with Crippen LogP contribution in [0.2, 0.25) is 0 Å². The number of rotatable bonds is 7. The number of hydrogen-bond donors (Lipinski definition) is 2. The zero-order valence-electron chi connectivity index (χ0n) is 17.9. The number of nitrogens with zero attached hydrogens (tertiary/aromatic N) is 4. The molecule has 1 saturated carbocycles. The van der Waals surface area contributed by atoms with Crippen LogP contribution < -0.4 is 14.5 Å². The number of tetrazole rings is 1. The van der Waals surface area contributed by atoms with E-state index in [-0.39, 0.29) is 6.04 Å². The summed E-state index contributed by atoms with van der Waals surface area (Å²) in [4.78, 5) is 3.28. The maximum absolute atomic E-state index is 5.67. The molecule has 2 aliphatic rings. The van der Waals surface area contributed by atoms with E-state index < -0.39 is 0 Å². The van der Waals surface area contributed by atoms with Gasteiger partial charge in [0.25, 0.3) is 0 Å². The van der Waals surface area contributed by atoms with Crippen LogP contribution in [0.3, 0.4) is 0 Å². The second-order valence-corrected chi connectivity index (χ2v) is 8.47. The van der Waals surface area contributed by atoms with Crippen LogP contribution in [0, 0.1) is 0 Å². The largest absolute Gasteiger partial charge is 0.494 e. The molecule has 2 N–H and O–H groups in total. The highest BCUT2D eigenvalue weighted by Gasteiger charge is 2.36. The summed E-state index contributed by atoms with van der Waals surface area (Å²) in [7, 11) is 0. The molecule has 0 bridgehead atoms. The van der Waals surface area contributed by atoms with Gasteiger partial charge in [0.2, 0.25) is 5.82 Å². The van der Waals surface area contributed by atoms with Crippen molar-refractivity contribution in [3.8, 4) is 5.75 Å². The first kappa shape index (κ1) is 20.3. The number of benzene rings is 1. The minimum Gasteiger partial charge on any atom is -0.494 e. The maximum atomic E-state index is 5.67. The normalized spacial score (nSPS) is 24.3. The maximum Gasteiger partial charge on any atom is 0.214 e. The van der Waals surface area contributed by atoms with Crippen LogP contribution in [0.15, 0.2) is 24.3 Å². The van der Waals surface area contributed by atoms with Crippen molar-refractivity contribution >= 4 is 0 Å². The Labute approximate surface area is 174 Å². The first-order chi connectivity index (χ1) is 14.3. The van der Waals surface area contributed by atoms with E-state index in [1.165, 1.54) is 57.3 Å². The molecule has 0 unspecified atom stereocenters. The van der Waals surface area contributed by atoms with Crippen molar-refractivity contribution in [3.63, 3.8) is 0 Å². The second-order valence-electron chi connectivity index (χ2n) is 8.47. The Bertz CT molecular complexity index is 747. The summed E-state index contributed by atoms with van der Waals surface area (Å²) in [5.41, 5.74) is 1.29. The SMILES string of the molecule is CCOc1ccc([C@H](c2nnnn2C2CCCCC2)[NH+]2CC[NH+](CC)CC2)cc1. The lowest BCUT2D eigenvalue weighted by Crippen LogP contribution is -3.28. The van der Waals surface area contributed by atoms with E-state index >= 15 is 0 Å². The number of likely N-dealkylation sites (N-methyl/N-ethyl adjacent to an activating group) is 1. The third-order valence-corrected chi connectivity index (χ3v) is 6.73. The monoisotopic (exact) mass is 400 g/mol. The van der Waals surface area contributed by atoms with E-state index in [2.05, 4.69) is 51.4 Å².